The van der Waals surface area contributed by atoms with Crippen LogP contribution >= 0.6 is 0 Å². The van der Waals surface area contributed by atoms with Crippen LogP contribution in [0.5, 0.6) is 0 Å². The van der Waals surface area contributed by atoms with E-state index in [1.54, 1.807) is 26.8 Å². The van der Waals surface area contributed by atoms with Crippen molar-refractivity contribution in [3.8, 4) is 6.07 Å². The maximum Gasteiger partial charge on any atom is 0.407 e. The second-order valence-electron chi connectivity index (χ2n) is 3.41. The summed E-state index contributed by atoms with van der Waals surface area (Å²) in [5.41, 5.74) is -0.483. The number of allylic oxidation sites excluding steroid dienone is 1. The van der Waals surface area contributed by atoms with Crippen LogP contribution in [0.15, 0.2) is 12.2 Å². The first-order valence-electron chi connectivity index (χ1n) is 3.97. The van der Waals surface area contributed by atoms with E-state index in [1.807, 2.05) is 6.07 Å². The lowest BCUT2D eigenvalue weighted by Gasteiger charge is -2.19. The Labute approximate surface area is 78.2 Å². The molecule has 4 nitrogen and oxygen atoms in total. The Bertz CT molecular complexity index is 233. The van der Waals surface area contributed by atoms with Crippen molar-refractivity contribution in [3.05, 3.63) is 12.2 Å². The van der Waals surface area contributed by atoms with E-state index in [9.17, 15) is 4.79 Å². The third kappa shape index (κ3) is 8.41. The minimum atomic E-state index is -0.483. The summed E-state index contributed by atoms with van der Waals surface area (Å²) in [4.78, 5) is 11.0. The summed E-state index contributed by atoms with van der Waals surface area (Å²) in [5, 5.41) is 10.6. The van der Waals surface area contributed by atoms with Crippen LogP contribution in [-0.4, -0.2) is 18.2 Å². The van der Waals surface area contributed by atoms with E-state index in [1.165, 1.54) is 6.08 Å². The van der Waals surface area contributed by atoms with Gasteiger partial charge in [0.25, 0.3) is 0 Å². The molecule has 0 aliphatic rings. The van der Waals surface area contributed by atoms with Crippen LogP contribution in [0.1, 0.15) is 20.8 Å². The number of hydrogen-bond acceptors (Lipinski definition) is 3. The topological polar surface area (TPSA) is 62.1 Å². The normalized spacial score (nSPS) is 10.9. The van der Waals surface area contributed by atoms with Gasteiger partial charge in [-0.3, -0.25) is 0 Å². The zero-order valence-corrected chi connectivity index (χ0v) is 8.13. The highest BCUT2D eigenvalue weighted by Crippen LogP contribution is 2.05. The second-order valence-corrected chi connectivity index (χ2v) is 3.41. The molecule has 72 valence electrons. The summed E-state index contributed by atoms with van der Waals surface area (Å²) in [6.45, 7) is 5.68. The van der Waals surface area contributed by atoms with Crippen molar-refractivity contribution in [3.63, 3.8) is 0 Å². The molecule has 0 spiro atoms. The highest BCUT2D eigenvalue weighted by Gasteiger charge is 2.14. The number of carbonyl (C=O) groups excluding carboxylic acids is 1. The molecule has 0 unspecified atom stereocenters. The Balaban J connectivity index is 3.66. The monoisotopic (exact) mass is 182 g/mol. The van der Waals surface area contributed by atoms with E-state index < -0.39 is 11.7 Å². The zero-order valence-electron chi connectivity index (χ0n) is 8.13. The SMILES string of the molecule is CC(C)(C)OC(=O)NC/C=C\C#N. The van der Waals surface area contributed by atoms with Crippen LogP contribution in [0.4, 0.5) is 4.79 Å². The summed E-state index contributed by atoms with van der Waals surface area (Å²) in [7, 11) is 0. The number of nitriles is 1. The number of hydrogen-bond donors (Lipinski definition) is 1. The number of amides is 1. The van der Waals surface area contributed by atoms with Crippen molar-refractivity contribution in [2.24, 2.45) is 0 Å². The maximum absolute atomic E-state index is 11.0. The Hall–Kier alpha value is -1.50. The number of nitrogens with zero attached hydrogens (tertiary/aromatic N) is 1. The molecule has 1 N–H and O–H groups in total. The number of ether oxygens (including phenoxy) is 1. The molecular formula is C9H14N2O2. The summed E-state index contributed by atoms with van der Waals surface area (Å²) in [5.74, 6) is 0. The van der Waals surface area contributed by atoms with Gasteiger partial charge < -0.3 is 10.1 Å². The van der Waals surface area contributed by atoms with Gasteiger partial charge in [-0.05, 0) is 20.8 Å². The Morgan fingerprint density at radius 1 is 1.62 bits per heavy atom. The molecule has 1 amide bonds. The fourth-order valence-corrected chi connectivity index (χ4v) is 0.568. The molecule has 0 heterocycles. The fourth-order valence-electron chi connectivity index (χ4n) is 0.568. The molecule has 0 fully saturated rings. The number of carbonyl (C=O) groups is 1. The molecule has 0 rings (SSSR count). The van der Waals surface area contributed by atoms with E-state index in [4.69, 9.17) is 10.00 Å². The van der Waals surface area contributed by atoms with Crippen LogP contribution in [0.2, 0.25) is 0 Å². The lowest BCUT2D eigenvalue weighted by atomic mass is 10.2. The van der Waals surface area contributed by atoms with Gasteiger partial charge in [-0.15, -0.1) is 0 Å². The standard InChI is InChI=1S/C9H14N2O2/c1-9(2,3)13-8(12)11-7-5-4-6-10/h4-5H,7H2,1-3H3,(H,11,12)/b5-4-. The van der Waals surface area contributed by atoms with Gasteiger partial charge in [0.2, 0.25) is 0 Å². The van der Waals surface area contributed by atoms with Crippen LogP contribution < -0.4 is 5.32 Å². The van der Waals surface area contributed by atoms with Crippen LogP contribution in [0, 0.1) is 11.3 Å². The molecule has 0 saturated carbocycles. The molecular weight excluding hydrogens is 168 g/mol. The first-order valence-corrected chi connectivity index (χ1v) is 3.97. The van der Waals surface area contributed by atoms with Crippen LogP contribution in [0.3, 0.4) is 0 Å². The highest BCUT2D eigenvalue weighted by atomic mass is 16.6. The van der Waals surface area contributed by atoms with Gasteiger partial charge in [-0.25, -0.2) is 4.79 Å². The third-order valence-corrected chi connectivity index (χ3v) is 0.956. The molecule has 0 radical (unpaired) electrons. The maximum atomic E-state index is 11.0. The third-order valence-electron chi connectivity index (χ3n) is 0.956. The van der Waals surface area contributed by atoms with Gasteiger partial charge in [0, 0.05) is 12.6 Å². The summed E-state index contributed by atoms with van der Waals surface area (Å²) >= 11 is 0. The Kier molecular flexibility index (Phi) is 4.60. The zero-order chi connectivity index (χ0) is 10.3. The van der Waals surface area contributed by atoms with E-state index in [0.29, 0.717) is 6.54 Å². The molecule has 0 atom stereocenters. The van der Waals surface area contributed by atoms with Crippen molar-refractivity contribution in [1.82, 2.24) is 5.32 Å². The Morgan fingerprint density at radius 3 is 2.69 bits per heavy atom. The van der Waals surface area contributed by atoms with Gasteiger partial charge in [-0.2, -0.15) is 5.26 Å². The highest BCUT2D eigenvalue weighted by molar-refractivity contribution is 5.67. The summed E-state index contributed by atoms with van der Waals surface area (Å²) in [6.07, 6.45) is 2.37. The average molecular weight is 182 g/mol. The predicted molar refractivity (Wildman–Crippen MR) is 49.0 cm³/mol. The molecule has 0 aliphatic heterocycles. The molecule has 0 bridgehead atoms. The van der Waals surface area contributed by atoms with E-state index >= 15 is 0 Å². The molecule has 0 saturated heterocycles. The molecule has 13 heavy (non-hydrogen) atoms. The lowest BCUT2D eigenvalue weighted by Crippen LogP contribution is -2.32. The number of alkyl carbamates (subject to hydrolysis) is 1. The van der Waals surface area contributed by atoms with Gasteiger partial charge in [0.15, 0.2) is 0 Å². The predicted octanol–water partition coefficient (Wildman–Crippen LogP) is 1.59. The van der Waals surface area contributed by atoms with Crippen molar-refractivity contribution >= 4 is 6.09 Å². The van der Waals surface area contributed by atoms with E-state index in [2.05, 4.69) is 5.32 Å². The largest absolute Gasteiger partial charge is 0.444 e. The van der Waals surface area contributed by atoms with Gasteiger partial charge in [0.1, 0.15) is 5.60 Å². The first kappa shape index (κ1) is 11.5. The minimum absolute atomic E-state index is 0.308. The Morgan fingerprint density at radius 2 is 2.23 bits per heavy atom. The van der Waals surface area contributed by atoms with E-state index in [-0.39, 0.29) is 0 Å². The van der Waals surface area contributed by atoms with Crippen molar-refractivity contribution in [1.29, 1.82) is 5.26 Å². The molecule has 0 aromatic rings. The lowest BCUT2D eigenvalue weighted by molar-refractivity contribution is 0.0534. The van der Waals surface area contributed by atoms with Crippen molar-refractivity contribution in [2.75, 3.05) is 6.54 Å². The number of nitrogens with one attached hydrogen (secondary N) is 1. The van der Waals surface area contributed by atoms with Crippen molar-refractivity contribution in [2.45, 2.75) is 26.4 Å². The summed E-state index contributed by atoms with van der Waals surface area (Å²) in [6, 6.07) is 1.82. The molecule has 0 aliphatic carbocycles. The molecule has 0 aromatic heterocycles. The summed E-state index contributed by atoms with van der Waals surface area (Å²) < 4.78 is 4.95. The van der Waals surface area contributed by atoms with Gasteiger partial charge in [0.05, 0.1) is 6.07 Å². The van der Waals surface area contributed by atoms with Crippen molar-refractivity contribution < 1.29 is 9.53 Å². The van der Waals surface area contributed by atoms with Gasteiger partial charge >= 0.3 is 6.09 Å². The number of rotatable bonds is 2. The van der Waals surface area contributed by atoms with Crippen LogP contribution in [0.25, 0.3) is 0 Å². The van der Waals surface area contributed by atoms with Gasteiger partial charge in [-0.1, -0.05) is 6.08 Å². The minimum Gasteiger partial charge on any atom is -0.444 e. The quantitative estimate of drug-likeness (QED) is 0.659. The first-order chi connectivity index (χ1) is 5.95. The smallest absolute Gasteiger partial charge is 0.407 e. The average Bonchev–Trinajstić information content (AvgIpc) is 1.94. The van der Waals surface area contributed by atoms with E-state index in [0.717, 1.165) is 0 Å². The molecule has 4 heteroatoms. The molecule has 0 aromatic carbocycles. The second kappa shape index (κ2) is 5.20. The fraction of sp³-hybridized carbons (Fsp3) is 0.556. The van der Waals surface area contributed by atoms with Crippen LogP contribution in [-0.2, 0) is 4.74 Å².